The van der Waals surface area contributed by atoms with E-state index in [1.165, 1.54) is 11.1 Å². The second kappa shape index (κ2) is 12.7. The lowest BCUT2D eigenvalue weighted by Gasteiger charge is -2.14. The predicted molar refractivity (Wildman–Crippen MR) is 135 cm³/mol. The van der Waals surface area contributed by atoms with Crippen LogP contribution < -0.4 is 10.6 Å². The van der Waals surface area contributed by atoms with Gasteiger partial charge < -0.3 is 20.5 Å². The molecule has 3 rings (SSSR count). The highest BCUT2D eigenvalue weighted by molar-refractivity contribution is 5.92. The minimum atomic E-state index is -0.796. The summed E-state index contributed by atoms with van der Waals surface area (Å²) in [5.41, 5.74) is 5.16. The van der Waals surface area contributed by atoms with Crippen LogP contribution in [-0.2, 0) is 14.3 Å². The molecule has 0 spiro atoms. The molecule has 0 heterocycles. The largest absolute Gasteiger partial charge is 0.481 e. The number of amides is 2. The van der Waals surface area contributed by atoms with Gasteiger partial charge in [0.1, 0.15) is 6.61 Å². The lowest BCUT2D eigenvalue weighted by Crippen LogP contribution is -2.29. The summed E-state index contributed by atoms with van der Waals surface area (Å²) >= 11 is 0. The minimum Gasteiger partial charge on any atom is -0.481 e. The summed E-state index contributed by atoms with van der Waals surface area (Å²) in [6.07, 6.45) is 3.50. The Bertz CT molecular complexity index is 1030. The third kappa shape index (κ3) is 7.18. The van der Waals surface area contributed by atoms with Gasteiger partial charge in [-0.15, -0.1) is 0 Å². The predicted octanol–water partition coefficient (Wildman–Crippen LogP) is 4.87. The van der Waals surface area contributed by atoms with Gasteiger partial charge in [-0.1, -0.05) is 68.0 Å². The summed E-state index contributed by atoms with van der Waals surface area (Å²) in [6, 6.07) is 16.3. The first-order chi connectivity index (χ1) is 16.9. The van der Waals surface area contributed by atoms with Crippen molar-refractivity contribution in [3.8, 4) is 11.1 Å². The molecule has 0 saturated heterocycles. The fourth-order valence-electron chi connectivity index (χ4n) is 4.44. The average Bonchev–Trinajstić information content (AvgIpc) is 3.18. The van der Waals surface area contributed by atoms with Crippen molar-refractivity contribution in [1.29, 1.82) is 0 Å². The third-order valence-corrected chi connectivity index (χ3v) is 6.54. The van der Waals surface area contributed by atoms with Crippen LogP contribution in [0.4, 0.5) is 4.79 Å². The van der Waals surface area contributed by atoms with Crippen molar-refractivity contribution >= 4 is 18.0 Å². The van der Waals surface area contributed by atoms with Crippen LogP contribution >= 0.6 is 0 Å². The molecular formula is C28H34N2O5. The maximum absolute atomic E-state index is 12.3. The second-order valence-corrected chi connectivity index (χ2v) is 8.84. The van der Waals surface area contributed by atoms with Crippen molar-refractivity contribution in [3.05, 3.63) is 71.3 Å². The van der Waals surface area contributed by atoms with Crippen LogP contribution in [0.1, 0.15) is 56.6 Å². The minimum absolute atomic E-state index is 0.00125. The Balaban J connectivity index is 1.41. The summed E-state index contributed by atoms with van der Waals surface area (Å²) in [4.78, 5) is 35.3. The number of fused-ring (bicyclic) bond motifs is 3. The van der Waals surface area contributed by atoms with Crippen molar-refractivity contribution in [2.75, 3.05) is 19.7 Å². The monoisotopic (exact) mass is 478 g/mol. The molecule has 7 heteroatoms. The molecule has 0 bridgehead atoms. The van der Waals surface area contributed by atoms with Gasteiger partial charge in [0, 0.05) is 31.0 Å². The van der Waals surface area contributed by atoms with Crippen LogP contribution in [0.15, 0.2) is 60.2 Å². The van der Waals surface area contributed by atoms with E-state index in [0.717, 1.165) is 24.0 Å². The van der Waals surface area contributed by atoms with Crippen molar-refractivity contribution in [1.82, 2.24) is 10.6 Å². The van der Waals surface area contributed by atoms with Crippen molar-refractivity contribution in [2.45, 2.75) is 45.4 Å². The number of aliphatic carboxylic acids is 1. The van der Waals surface area contributed by atoms with Crippen molar-refractivity contribution in [3.63, 3.8) is 0 Å². The first-order valence-electron chi connectivity index (χ1n) is 12.2. The number of benzene rings is 2. The Morgan fingerprint density at radius 2 is 1.63 bits per heavy atom. The van der Waals surface area contributed by atoms with Crippen LogP contribution in [0.5, 0.6) is 0 Å². The van der Waals surface area contributed by atoms with Crippen LogP contribution in [0.3, 0.4) is 0 Å². The summed E-state index contributed by atoms with van der Waals surface area (Å²) in [5, 5.41) is 14.4. The molecule has 2 amide bonds. The molecule has 35 heavy (non-hydrogen) atoms. The zero-order valence-electron chi connectivity index (χ0n) is 20.4. The molecule has 1 atom stereocenters. The van der Waals surface area contributed by atoms with Gasteiger partial charge in [-0.05, 0) is 47.9 Å². The van der Waals surface area contributed by atoms with Crippen molar-refractivity contribution in [2.24, 2.45) is 5.92 Å². The van der Waals surface area contributed by atoms with E-state index in [4.69, 9.17) is 9.84 Å². The molecule has 186 valence electrons. The van der Waals surface area contributed by atoms with Crippen LogP contribution in [0, 0.1) is 5.92 Å². The standard InChI is InChI=1S/C28H34N2O5/c1-3-20(12-13-26(31)32)15-17-29-27(33)19(2)14-16-30-28(34)35-18-25-23-10-6-4-8-21(23)22-9-5-7-11-24(22)25/h4-11,14,20,25H,3,12-13,15-18H2,1-2H3,(H,29,33)(H,30,34)(H,31,32)/b19-14+. The lowest BCUT2D eigenvalue weighted by atomic mass is 9.96. The Morgan fingerprint density at radius 1 is 1.00 bits per heavy atom. The van der Waals surface area contributed by atoms with Crippen LogP contribution in [-0.4, -0.2) is 42.8 Å². The number of carboxylic acids is 1. The molecule has 0 saturated carbocycles. The second-order valence-electron chi connectivity index (χ2n) is 8.84. The van der Waals surface area contributed by atoms with E-state index < -0.39 is 12.1 Å². The molecule has 2 aromatic carbocycles. The normalized spacial score (nSPS) is 13.5. The number of rotatable bonds is 12. The number of ether oxygens (including phenoxy) is 1. The SMILES string of the molecule is CCC(CCNC(=O)/C(C)=C/CNC(=O)OCC1c2ccccc2-c2ccccc21)CCC(=O)O. The lowest BCUT2D eigenvalue weighted by molar-refractivity contribution is -0.137. The van der Waals surface area contributed by atoms with E-state index in [0.29, 0.717) is 18.5 Å². The Hall–Kier alpha value is -3.61. The van der Waals surface area contributed by atoms with E-state index in [1.54, 1.807) is 13.0 Å². The van der Waals surface area contributed by atoms with Gasteiger partial charge in [0.25, 0.3) is 0 Å². The summed E-state index contributed by atoms with van der Waals surface area (Å²) in [6.45, 7) is 4.63. The zero-order valence-corrected chi connectivity index (χ0v) is 20.4. The fourth-order valence-corrected chi connectivity index (χ4v) is 4.44. The van der Waals surface area contributed by atoms with Gasteiger partial charge >= 0.3 is 12.1 Å². The molecular weight excluding hydrogens is 444 g/mol. The fraction of sp³-hybridized carbons (Fsp3) is 0.393. The van der Waals surface area contributed by atoms with Gasteiger partial charge in [0.2, 0.25) is 5.91 Å². The summed E-state index contributed by atoms with van der Waals surface area (Å²) < 4.78 is 5.50. The Labute approximate surface area is 206 Å². The van der Waals surface area contributed by atoms with E-state index in [-0.39, 0.29) is 37.3 Å². The smallest absolute Gasteiger partial charge is 0.407 e. The highest BCUT2D eigenvalue weighted by Gasteiger charge is 2.28. The highest BCUT2D eigenvalue weighted by atomic mass is 16.5. The molecule has 0 aliphatic heterocycles. The Morgan fingerprint density at radius 3 is 2.23 bits per heavy atom. The average molecular weight is 479 g/mol. The maximum Gasteiger partial charge on any atom is 0.407 e. The number of alkyl carbamates (subject to hydrolysis) is 1. The highest BCUT2D eigenvalue weighted by Crippen LogP contribution is 2.44. The number of hydrogen-bond acceptors (Lipinski definition) is 4. The number of carboxylic acid groups (broad SMARTS) is 1. The topological polar surface area (TPSA) is 105 Å². The first-order valence-corrected chi connectivity index (χ1v) is 12.2. The van der Waals surface area contributed by atoms with Gasteiger partial charge in [0.15, 0.2) is 0 Å². The quantitative estimate of drug-likeness (QED) is 0.378. The molecule has 0 radical (unpaired) electrons. The molecule has 3 N–H and O–H groups in total. The van der Waals surface area contributed by atoms with Gasteiger partial charge in [0.05, 0.1) is 0 Å². The number of hydrogen-bond donors (Lipinski definition) is 3. The van der Waals surface area contributed by atoms with Crippen molar-refractivity contribution < 1.29 is 24.2 Å². The van der Waals surface area contributed by atoms with Gasteiger partial charge in [-0.25, -0.2) is 4.79 Å². The van der Waals surface area contributed by atoms with E-state index in [1.807, 2.05) is 31.2 Å². The Kier molecular flexibility index (Phi) is 9.47. The summed E-state index contributed by atoms with van der Waals surface area (Å²) in [7, 11) is 0. The zero-order chi connectivity index (χ0) is 25.2. The number of nitrogens with one attached hydrogen (secondary N) is 2. The molecule has 2 aromatic rings. The van der Waals surface area contributed by atoms with E-state index >= 15 is 0 Å². The maximum atomic E-state index is 12.3. The van der Waals surface area contributed by atoms with Crippen LogP contribution in [0.2, 0.25) is 0 Å². The van der Waals surface area contributed by atoms with Gasteiger partial charge in [-0.2, -0.15) is 0 Å². The van der Waals surface area contributed by atoms with E-state index in [2.05, 4.69) is 34.9 Å². The van der Waals surface area contributed by atoms with Gasteiger partial charge in [-0.3, -0.25) is 9.59 Å². The first kappa shape index (κ1) is 26.0. The summed E-state index contributed by atoms with van der Waals surface area (Å²) in [5.74, 6) is -0.729. The number of carbonyl (C=O) groups is 3. The molecule has 1 aliphatic carbocycles. The molecule has 1 aliphatic rings. The third-order valence-electron chi connectivity index (χ3n) is 6.54. The molecule has 0 aromatic heterocycles. The number of carbonyl (C=O) groups excluding carboxylic acids is 2. The molecule has 1 unspecified atom stereocenters. The molecule has 7 nitrogen and oxygen atoms in total. The van der Waals surface area contributed by atoms with Crippen LogP contribution in [0.25, 0.3) is 11.1 Å². The molecule has 0 fully saturated rings. The van der Waals surface area contributed by atoms with E-state index in [9.17, 15) is 14.4 Å².